The molecule has 3 rings (SSSR count). The van der Waals surface area contributed by atoms with Gasteiger partial charge in [0, 0.05) is 13.1 Å². The summed E-state index contributed by atoms with van der Waals surface area (Å²) in [5.41, 5.74) is -0.121. The van der Waals surface area contributed by atoms with E-state index >= 15 is 0 Å². The molecule has 0 unspecified atom stereocenters. The largest absolute Gasteiger partial charge is 0.452 e. The van der Waals surface area contributed by atoms with Crippen LogP contribution in [0.4, 0.5) is 4.39 Å². The molecule has 2 aromatic rings. The van der Waals surface area contributed by atoms with Gasteiger partial charge in [-0.2, -0.15) is 0 Å². The van der Waals surface area contributed by atoms with Crippen LogP contribution in [0, 0.1) is 12.7 Å². The number of esters is 1. The molecule has 0 spiro atoms. The molecule has 1 aliphatic rings. The molecule has 26 heavy (non-hydrogen) atoms. The average Bonchev–Trinajstić information content (AvgIpc) is 3.01. The Bertz CT molecular complexity index is 810. The van der Waals surface area contributed by atoms with Gasteiger partial charge in [-0.1, -0.05) is 22.8 Å². The molecule has 1 aliphatic heterocycles. The van der Waals surface area contributed by atoms with E-state index in [9.17, 15) is 14.0 Å². The lowest BCUT2D eigenvalue weighted by atomic mass is 10.1. The third-order valence-corrected chi connectivity index (χ3v) is 4.62. The van der Waals surface area contributed by atoms with Gasteiger partial charge in [-0.25, -0.2) is 9.18 Å². The number of carbonyl (C=O) groups excluding carboxylic acids is 2. The molecule has 0 N–H and O–H groups in total. The van der Waals surface area contributed by atoms with Crippen LogP contribution in [0.2, 0.25) is 5.02 Å². The Hall–Kier alpha value is -2.41. The maximum absolute atomic E-state index is 14.2. The minimum atomic E-state index is -0.802. The van der Waals surface area contributed by atoms with Crippen molar-refractivity contribution in [3.05, 3.63) is 40.4 Å². The minimum absolute atomic E-state index is 0.0385. The van der Waals surface area contributed by atoms with E-state index in [4.69, 9.17) is 20.9 Å². The highest BCUT2D eigenvalue weighted by molar-refractivity contribution is 6.33. The number of benzene rings is 1. The number of likely N-dealkylation sites (tertiary alicyclic amines) is 1. The lowest BCUT2D eigenvalue weighted by Gasteiger charge is -2.26. The van der Waals surface area contributed by atoms with Gasteiger partial charge in [0.15, 0.2) is 6.61 Å². The zero-order valence-electron chi connectivity index (χ0n) is 14.3. The monoisotopic (exact) mass is 380 g/mol. The molecule has 138 valence electrons. The summed E-state index contributed by atoms with van der Waals surface area (Å²) in [6.45, 7) is 2.46. The predicted molar refractivity (Wildman–Crippen MR) is 92.4 cm³/mol. The third kappa shape index (κ3) is 3.72. The lowest BCUT2D eigenvalue weighted by Crippen LogP contribution is -2.38. The van der Waals surface area contributed by atoms with Gasteiger partial charge < -0.3 is 14.2 Å². The maximum atomic E-state index is 14.2. The van der Waals surface area contributed by atoms with Crippen molar-refractivity contribution < 1.29 is 23.2 Å². The Balaban J connectivity index is 1.78. The van der Waals surface area contributed by atoms with Crippen molar-refractivity contribution in [2.45, 2.75) is 26.2 Å². The SMILES string of the molecule is Cc1onc(-c2c(F)cccc2Cl)c1C(=O)OCC(=O)N1CCCCC1. The third-order valence-electron chi connectivity index (χ3n) is 4.30. The highest BCUT2D eigenvalue weighted by Crippen LogP contribution is 2.33. The second-order valence-electron chi connectivity index (χ2n) is 6.08. The fourth-order valence-electron chi connectivity index (χ4n) is 2.94. The quantitative estimate of drug-likeness (QED) is 0.757. The van der Waals surface area contributed by atoms with E-state index in [-0.39, 0.29) is 40.1 Å². The van der Waals surface area contributed by atoms with Crippen molar-refractivity contribution in [2.75, 3.05) is 19.7 Å². The molecule has 2 heterocycles. The number of hydrogen-bond acceptors (Lipinski definition) is 5. The maximum Gasteiger partial charge on any atom is 0.344 e. The van der Waals surface area contributed by atoms with Crippen molar-refractivity contribution in [3.63, 3.8) is 0 Å². The zero-order chi connectivity index (χ0) is 18.7. The molecule has 0 radical (unpaired) electrons. The predicted octanol–water partition coefficient (Wildman–Crippen LogP) is 3.61. The molecule has 1 aromatic heterocycles. The number of aromatic nitrogens is 1. The van der Waals surface area contributed by atoms with Crippen LogP contribution in [0.25, 0.3) is 11.3 Å². The van der Waals surface area contributed by atoms with E-state index in [1.807, 2.05) is 0 Å². The molecule has 6 nitrogen and oxygen atoms in total. The van der Waals surface area contributed by atoms with Crippen molar-refractivity contribution >= 4 is 23.5 Å². The first-order chi connectivity index (χ1) is 12.5. The molecule has 0 saturated carbocycles. The van der Waals surface area contributed by atoms with Crippen molar-refractivity contribution in [1.29, 1.82) is 0 Å². The zero-order valence-corrected chi connectivity index (χ0v) is 15.0. The van der Waals surface area contributed by atoms with E-state index in [1.54, 1.807) is 4.90 Å². The number of amides is 1. The Morgan fingerprint density at radius 2 is 2.04 bits per heavy atom. The number of nitrogens with zero attached hydrogens (tertiary/aromatic N) is 2. The van der Waals surface area contributed by atoms with Gasteiger partial charge in [-0.15, -0.1) is 0 Å². The van der Waals surface area contributed by atoms with E-state index < -0.39 is 11.8 Å². The highest BCUT2D eigenvalue weighted by atomic mass is 35.5. The van der Waals surface area contributed by atoms with Crippen LogP contribution in [0.5, 0.6) is 0 Å². The summed E-state index contributed by atoms with van der Waals surface area (Å²) >= 11 is 6.04. The summed E-state index contributed by atoms with van der Waals surface area (Å²) in [4.78, 5) is 26.3. The first-order valence-corrected chi connectivity index (χ1v) is 8.72. The van der Waals surface area contributed by atoms with Crippen LogP contribution in [0.1, 0.15) is 35.4 Å². The van der Waals surface area contributed by atoms with Gasteiger partial charge in [0.2, 0.25) is 0 Å². The molecule has 1 fully saturated rings. The first-order valence-electron chi connectivity index (χ1n) is 8.34. The normalized spacial score (nSPS) is 14.3. The topological polar surface area (TPSA) is 72.6 Å². The molecule has 1 saturated heterocycles. The Morgan fingerprint density at radius 3 is 2.73 bits per heavy atom. The number of carbonyl (C=O) groups is 2. The van der Waals surface area contributed by atoms with Gasteiger partial charge in [0.25, 0.3) is 5.91 Å². The number of ether oxygens (including phenoxy) is 1. The smallest absolute Gasteiger partial charge is 0.344 e. The summed E-state index contributed by atoms with van der Waals surface area (Å²) in [5, 5.41) is 3.84. The molecule has 1 amide bonds. The highest BCUT2D eigenvalue weighted by Gasteiger charge is 2.27. The van der Waals surface area contributed by atoms with Crippen LogP contribution < -0.4 is 0 Å². The van der Waals surface area contributed by atoms with Gasteiger partial charge in [-0.3, -0.25) is 4.79 Å². The number of halogens is 2. The molecule has 0 aliphatic carbocycles. The van der Waals surface area contributed by atoms with Crippen LogP contribution in [-0.4, -0.2) is 41.6 Å². The molecular weight excluding hydrogens is 363 g/mol. The van der Waals surface area contributed by atoms with Crippen LogP contribution in [-0.2, 0) is 9.53 Å². The fourth-order valence-corrected chi connectivity index (χ4v) is 3.19. The minimum Gasteiger partial charge on any atom is -0.452 e. The summed E-state index contributed by atoms with van der Waals surface area (Å²) in [6, 6.07) is 4.14. The Morgan fingerprint density at radius 1 is 1.31 bits per heavy atom. The summed E-state index contributed by atoms with van der Waals surface area (Å²) in [5.74, 6) is -1.53. The average molecular weight is 381 g/mol. The summed E-state index contributed by atoms with van der Waals surface area (Å²) in [6.07, 6.45) is 2.98. The van der Waals surface area contributed by atoms with Crippen molar-refractivity contribution in [3.8, 4) is 11.3 Å². The van der Waals surface area contributed by atoms with Crippen LogP contribution in [0.15, 0.2) is 22.7 Å². The van der Waals surface area contributed by atoms with Crippen molar-refractivity contribution in [1.82, 2.24) is 10.1 Å². The van der Waals surface area contributed by atoms with E-state index in [0.29, 0.717) is 13.1 Å². The van der Waals surface area contributed by atoms with E-state index in [0.717, 1.165) is 19.3 Å². The number of rotatable bonds is 4. The number of aryl methyl sites for hydroxylation is 1. The van der Waals surface area contributed by atoms with E-state index in [1.165, 1.54) is 25.1 Å². The number of hydrogen-bond donors (Lipinski definition) is 0. The Labute approximate surface area is 154 Å². The van der Waals surface area contributed by atoms with Crippen LogP contribution >= 0.6 is 11.6 Å². The van der Waals surface area contributed by atoms with Gasteiger partial charge >= 0.3 is 5.97 Å². The van der Waals surface area contributed by atoms with Crippen LogP contribution in [0.3, 0.4) is 0 Å². The first kappa shape index (κ1) is 18.4. The van der Waals surface area contributed by atoms with E-state index in [2.05, 4.69) is 5.16 Å². The van der Waals surface area contributed by atoms with Gasteiger partial charge in [-0.05, 0) is 38.3 Å². The molecule has 1 aromatic carbocycles. The molecule has 8 heteroatoms. The van der Waals surface area contributed by atoms with Crippen molar-refractivity contribution in [2.24, 2.45) is 0 Å². The lowest BCUT2D eigenvalue weighted by molar-refractivity contribution is -0.135. The second kappa shape index (κ2) is 7.86. The fraction of sp³-hybridized carbons (Fsp3) is 0.389. The second-order valence-corrected chi connectivity index (χ2v) is 6.48. The standard InChI is InChI=1S/C18H18ClFN2O4/c1-11-15(17(21-26-11)16-12(19)6-5-7-13(16)20)18(24)25-10-14(23)22-8-3-2-4-9-22/h5-7H,2-4,8-10H2,1H3. The summed E-state index contributed by atoms with van der Waals surface area (Å²) in [7, 11) is 0. The summed E-state index contributed by atoms with van der Waals surface area (Å²) < 4.78 is 24.3. The molecular formula is C18H18ClFN2O4. The van der Waals surface area contributed by atoms with Gasteiger partial charge in [0.05, 0.1) is 10.6 Å². The Kier molecular flexibility index (Phi) is 5.56. The van der Waals surface area contributed by atoms with Gasteiger partial charge in [0.1, 0.15) is 22.8 Å². The number of piperidine rings is 1. The molecule has 0 bridgehead atoms. The molecule has 0 atom stereocenters.